The monoisotopic (exact) mass is 290 g/mol. The van der Waals surface area contributed by atoms with Gasteiger partial charge in [0.25, 0.3) is 0 Å². The number of fused-ring (bicyclic) bond motifs is 3. The number of para-hydroxylation sites is 2. The summed E-state index contributed by atoms with van der Waals surface area (Å²) in [4.78, 5) is 6.60. The summed E-state index contributed by atoms with van der Waals surface area (Å²) in [7, 11) is 4.06. The zero-order valence-corrected chi connectivity index (χ0v) is 12.7. The number of nitrogens with one attached hydrogen (secondary N) is 1. The molecule has 0 radical (unpaired) electrons. The molecule has 2 aromatic heterocycles. The molecule has 0 bridgehead atoms. The molecule has 1 atom stereocenters. The minimum Gasteiger partial charge on any atom is -0.371 e. The smallest absolute Gasteiger partial charge is 0.133 e. The fourth-order valence-electron chi connectivity index (χ4n) is 3.13. The fourth-order valence-corrected chi connectivity index (χ4v) is 3.13. The molecule has 1 aromatic carbocycles. The third-order valence-corrected chi connectivity index (χ3v) is 4.09. The molecule has 4 heteroatoms. The van der Waals surface area contributed by atoms with Gasteiger partial charge >= 0.3 is 0 Å². The van der Waals surface area contributed by atoms with E-state index in [1.165, 1.54) is 16.9 Å². The summed E-state index contributed by atoms with van der Waals surface area (Å²) in [6, 6.07) is 16.9. The molecule has 4 rings (SSSR count). The summed E-state index contributed by atoms with van der Waals surface area (Å²) in [6.07, 6.45) is 3.96. The van der Waals surface area contributed by atoms with Crippen LogP contribution in [-0.4, -0.2) is 23.6 Å². The van der Waals surface area contributed by atoms with Crippen molar-refractivity contribution in [1.29, 1.82) is 0 Å². The van der Waals surface area contributed by atoms with E-state index in [2.05, 4.69) is 68.4 Å². The van der Waals surface area contributed by atoms with Crippen molar-refractivity contribution in [2.75, 3.05) is 24.3 Å². The molecule has 4 nitrogen and oxygen atoms in total. The summed E-state index contributed by atoms with van der Waals surface area (Å²) in [5.74, 6) is 0.993. The van der Waals surface area contributed by atoms with Crippen molar-refractivity contribution in [3.63, 3.8) is 0 Å². The van der Waals surface area contributed by atoms with Crippen LogP contribution in [0.25, 0.3) is 5.69 Å². The van der Waals surface area contributed by atoms with Crippen LogP contribution in [0.3, 0.4) is 0 Å². The lowest BCUT2D eigenvalue weighted by Gasteiger charge is -2.31. The maximum Gasteiger partial charge on any atom is 0.133 e. The second kappa shape index (κ2) is 4.91. The molecular formula is C18H18N4. The van der Waals surface area contributed by atoms with Crippen LogP contribution in [0.2, 0.25) is 0 Å². The Morgan fingerprint density at radius 1 is 1.05 bits per heavy atom. The molecule has 1 unspecified atom stereocenters. The third-order valence-electron chi connectivity index (χ3n) is 4.09. The van der Waals surface area contributed by atoms with E-state index in [9.17, 15) is 0 Å². The lowest BCUT2D eigenvalue weighted by atomic mass is 10.0. The van der Waals surface area contributed by atoms with Crippen LogP contribution in [0.15, 0.2) is 60.9 Å². The SMILES string of the molecule is CN(C)c1ncccc1C1Nc2ccccc2-n2cccc21. The Morgan fingerprint density at radius 2 is 1.91 bits per heavy atom. The van der Waals surface area contributed by atoms with Gasteiger partial charge in [0.1, 0.15) is 5.82 Å². The first-order chi connectivity index (χ1) is 10.8. The standard InChI is InChI=1S/C18H18N4/c1-21(2)18-13(7-5-11-19-18)17-16-10-6-12-22(16)15-9-4-3-8-14(15)20-17/h3-12,17,20H,1-2H3. The van der Waals surface area contributed by atoms with E-state index >= 15 is 0 Å². The van der Waals surface area contributed by atoms with Crippen molar-refractivity contribution in [2.45, 2.75) is 6.04 Å². The van der Waals surface area contributed by atoms with Crippen molar-refractivity contribution >= 4 is 11.5 Å². The van der Waals surface area contributed by atoms with Gasteiger partial charge in [-0.05, 0) is 30.3 Å². The maximum absolute atomic E-state index is 4.54. The van der Waals surface area contributed by atoms with Gasteiger partial charge in [-0.15, -0.1) is 0 Å². The van der Waals surface area contributed by atoms with Crippen molar-refractivity contribution in [3.8, 4) is 5.69 Å². The van der Waals surface area contributed by atoms with Crippen LogP contribution in [0.1, 0.15) is 17.3 Å². The number of pyridine rings is 1. The highest BCUT2D eigenvalue weighted by atomic mass is 15.2. The van der Waals surface area contributed by atoms with Gasteiger partial charge in [-0.2, -0.15) is 0 Å². The normalized spacial score (nSPS) is 15.6. The Kier molecular flexibility index (Phi) is 2.89. The van der Waals surface area contributed by atoms with Crippen LogP contribution in [-0.2, 0) is 0 Å². The van der Waals surface area contributed by atoms with Crippen molar-refractivity contribution in [1.82, 2.24) is 9.55 Å². The van der Waals surface area contributed by atoms with Gasteiger partial charge in [0, 0.05) is 37.7 Å². The minimum absolute atomic E-state index is 0.0935. The van der Waals surface area contributed by atoms with Gasteiger partial charge in [-0.1, -0.05) is 18.2 Å². The Hall–Kier alpha value is -2.75. The fraction of sp³-hybridized carbons (Fsp3) is 0.167. The number of benzene rings is 1. The average Bonchev–Trinajstić information content (AvgIpc) is 3.04. The highest BCUT2D eigenvalue weighted by Gasteiger charge is 2.27. The van der Waals surface area contributed by atoms with E-state index in [0.717, 1.165) is 11.5 Å². The lowest BCUT2D eigenvalue weighted by molar-refractivity contribution is 0.801. The van der Waals surface area contributed by atoms with E-state index in [1.807, 2.05) is 26.4 Å². The quantitative estimate of drug-likeness (QED) is 0.784. The Bertz CT molecular complexity index is 819. The first-order valence-corrected chi connectivity index (χ1v) is 7.41. The summed E-state index contributed by atoms with van der Waals surface area (Å²) < 4.78 is 2.25. The predicted octanol–water partition coefficient (Wildman–Crippen LogP) is 3.45. The van der Waals surface area contributed by atoms with E-state index in [4.69, 9.17) is 0 Å². The van der Waals surface area contributed by atoms with Crippen LogP contribution >= 0.6 is 0 Å². The van der Waals surface area contributed by atoms with E-state index in [-0.39, 0.29) is 6.04 Å². The van der Waals surface area contributed by atoms with Gasteiger partial charge in [0.15, 0.2) is 0 Å². The van der Waals surface area contributed by atoms with Crippen LogP contribution < -0.4 is 10.2 Å². The number of hydrogen-bond acceptors (Lipinski definition) is 3. The lowest BCUT2D eigenvalue weighted by Crippen LogP contribution is -2.24. The van der Waals surface area contributed by atoms with Gasteiger partial charge in [-0.3, -0.25) is 0 Å². The Labute approximate surface area is 130 Å². The second-order valence-corrected chi connectivity index (χ2v) is 5.71. The number of nitrogens with zero attached hydrogens (tertiary/aromatic N) is 3. The Balaban J connectivity index is 1.90. The van der Waals surface area contributed by atoms with Crippen molar-refractivity contribution < 1.29 is 0 Å². The molecule has 0 spiro atoms. The largest absolute Gasteiger partial charge is 0.371 e. The van der Waals surface area contributed by atoms with Gasteiger partial charge in [-0.25, -0.2) is 4.98 Å². The topological polar surface area (TPSA) is 33.1 Å². The molecule has 1 aliphatic rings. The molecule has 1 N–H and O–H groups in total. The molecule has 0 amide bonds. The molecule has 3 heterocycles. The Morgan fingerprint density at radius 3 is 2.77 bits per heavy atom. The van der Waals surface area contributed by atoms with Crippen molar-refractivity contribution in [3.05, 3.63) is 72.2 Å². The minimum atomic E-state index is 0.0935. The van der Waals surface area contributed by atoms with Gasteiger partial charge in [0.2, 0.25) is 0 Å². The number of rotatable bonds is 2. The third kappa shape index (κ3) is 1.88. The molecule has 0 saturated heterocycles. The summed E-state index contributed by atoms with van der Waals surface area (Å²) >= 11 is 0. The highest BCUT2D eigenvalue weighted by Crippen LogP contribution is 2.38. The molecule has 22 heavy (non-hydrogen) atoms. The molecular weight excluding hydrogens is 272 g/mol. The van der Waals surface area contributed by atoms with Crippen LogP contribution in [0.4, 0.5) is 11.5 Å². The molecule has 110 valence electrons. The van der Waals surface area contributed by atoms with Gasteiger partial charge in [0.05, 0.1) is 17.4 Å². The zero-order valence-electron chi connectivity index (χ0n) is 12.7. The molecule has 1 aliphatic heterocycles. The average molecular weight is 290 g/mol. The number of hydrogen-bond donors (Lipinski definition) is 1. The number of aromatic nitrogens is 2. The molecule has 0 saturated carbocycles. The first-order valence-electron chi connectivity index (χ1n) is 7.41. The predicted molar refractivity (Wildman–Crippen MR) is 89.8 cm³/mol. The van der Waals surface area contributed by atoms with Crippen molar-refractivity contribution in [2.24, 2.45) is 0 Å². The van der Waals surface area contributed by atoms with E-state index in [0.29, 0.717) is 0 Å². The first kappa shape index (κ1) is 13.0. The molecule has 0 aliphatic carbocycles. The molecule has 0 fully saturated rings. The number of anilines is 2. The zero-order chi connectivity index (χ0) is 15.1. The molecule has 3 aromatic rings. The van der Waals surface area contributed by atoms with Crippen LogP contribution in [0.5, 0.6) is 0 Å². The van der Waals surface area contributed by atoms with E-state index in [1.54, 1.807) is 0 Å². The van der Waals surface area contributed by atoms with Crippen LogP contribution in [0, 0.1) is 0 Å². The second-order valence-electron chi connectivity index (χ2n) is 5.71. The van der Waals surface area contributed by atoms with E-state index < -0.39 is 0 Å². The summed E-state index contributed by atoms with van der Waals surface area (Å²) in [5.41, 5.74) is 4.75. The highest BCUT2D eigenvalue weighted by molar-refractivity contribution is 5.68. The van der Waals surface area contributed by atoms with Gasteiger partial charge < -0.3 is 14.8 Å². The maximum atomic E-state index is 4.54. The summed E-state index contributed by atoms with van der Waals surface area (Å²) in [5, 5.41) is 3.66. The summed E-state index contributed by atoms with van der Waals surface area (Å²) in [6.45, 7) is 0.